The lowest BCUT2D eigenvalue weighted by molar-refractivity contribution is -0.331. The fourth-order valence-electron chi connectivity index (χ4n) is 11.8. The Morgan fingerprint density at radius 3 is 2.33 bits per heavy atom. The monoisotopic (exact) mass is 650 g/mol. The number of aliphatic hydroxyl groups is 5. The predicted octanol–water partition coefficient (Wildman–Crippen LogP) is 3.25. The first-order chi connectivity index (χ1) is 21.4. The smallest absolute Gasteiger partial charge is 0.306 e. The highest BCUT2D eigenvalue weighted by Crippen LogP contribution is 2.75. The van der Waals surface area contributed by atoms with Gasteiger partial charge in [-0.25, -0.2) is 0 Å². The normalized spacial score (nSPS) is 52.0. The molecular weight excluding hydrogens is 592 g/mol. The highest BCUT2D eigenvalue weighted by Gasteiger charge is 2.74. The van der Waals surface area contributed by atoms with Crippen LogP contribution in [0.1, 0.15) is 99.8 Å². The Bertz CT molecular complexity index is 1200. The van der Waals surface area contributed by atoms with E-state index in [-0.39, 0.29) is 45.8 Å². The number of rotatable bonds is 7. The van der Waals surface area contributed by atoms with Crippen LogP contribution in [0.15, 0.2) is 11.6 Å². The summed E-state index contributed by atoms with van der Waals surface area (Å²) in [6.45, 7) is 15.3. The molecule has 0 bridgehead atoms. The van der Waals surface area contributed by atoms with E-state index in [0.717, 1.165) is 44.1 Å². The standard InChI is InChI=1S/C36H58O10/c1-19(2)14-20(38)15-35(7)30(46-35)21-8-9-24-33(5)12-11-25(45-31-29(42)28(41)27(40)22(17-37)44-31)32(3,4)23(33)10-13-34(24,6)36(21)16-26(39)43-18-36/h14,20-25,27-31,37-38,40-42H,8-13,15-18H2,1-7H3/t20-,21-,22+,23-,24+,25-,27+,28-,29+,30-,31-,33-,34+,35-,36-/m0/s1. The Balaban J connectivity index is 1.24. The van der Waals surface area contributed by atoms with Gasteiger partial charge in [-0.1, -0.05) is 39.3 Å². The van der Waals surface area contributed by atoms with Gasteiger partial charge in [0.15, 0.2) is 6.29 Å². The molecule has 3 aliphatic heterocycles. The zero-order valence-electron chi connectivity index (χ0n) is 28.8. The van der Waals surface area contributed by atoms with Crippen molar-refractivity contribution in [2.24, 2.45) is 39.4 Å². The Labute approximate surface area is 273 Å². The number of ether oxygens (including phenoxy) is 4. The Morgan fingerprint density at radius 1 is 0.978 bits per heavy atom. The Morgan fingerprint density at radius 2 is 1.70 bits per heavy atom. The second-order valence-electron chi connectivity index (χ2n) is 17.3. The molecule has 3 heterocycles. The van der Waals surface area contributed by atoms with E-state index in [0.29, 0.717) is 31.3 Å². The van der Waals surface area contributed by atoms with Gasteiger partial charge in [0.2, 0.25) is 0 Å². The molecule has 46 heavy (non-hydrogen) atoms. The van der Waals surface area contributed by atoms with Gasteiger partial charge in [0.05, 0.1) is 43.5 Å². The largest absolute Gasteiger partial charge is 0.465 e. The summed E-state index contributed by atoms with van der Waals surface area (Å²) in [4.78, 5) is 13.0. The van der Waals surface area contributed by atoms with E-state index in [1.807, 2.05) is 19.9 Å². The van der Waals surface area contributed by atoms with Crippen molar-refractivity contribution in [1.82, 2.24) is 0 Å². The van der Waals surface area contributed by atoms with Crippen LogP contribution in [0.3, 0.4) is 0 Å². The Kier molecular flexibility index (Phi) is 8.88. The lowest BCUT2D eigenvalue weighted by atomic mass is 9.34. The van der Waals surface area contributed by atoms with Crippen LogP contribution >= 0.6 is 0 Å². The van der Waals surface area contributed by atoms with E-state index >= 15 is 0 Å². The summed E-state index contributed by atoms with van der Waals surface area (Å²) in [6, 6.07) is 0. The minimum atomic E-state index is -1.47. The van der Waals surface area contributed by atoms with E-state index in [1.165, 1.54) is 0 Å². The molecule has 0 aromatic rings. The van der Waals surface area contributed by atoms with Crippen molar-refractivity contribution < 1.29 is 49.3 Å². The first kappa shape index (κ1) is 34.7. The van der Waals surface area contributed by atoms with Gasteiger partial charge in [0.1, 0.15) is 24.4 Å². The van der Waals surface area contributed by atoms with Crippen LogP contribution in [-0.2, 0) is 23.7 Å². The SMILES string of the molecule is CC(C)=C[C@H](O)C[C@]1(C)O[C@H]1[C@@H]1CC[C@@H]2[C@@]3(C)CC[C@H](O[C@@H]4O[C@H](CO)[C@@H](O)[C@H](O)[C@H]4O)C(C)(C)[C@@H]3CC[C@@]2(C)[C@@]12COC(=O)C2. The van der Waals surface area contributed by atoms with Crippen LogP contribution in [0.4, 0.5) is 0 Å². The molecule has 3 saturated carbocycles. The van der Waals surface area contributed by atoms with Gasteiger partial charge in [-0.2, -0.15) is 0 Å². The van der Waals surface area contributed by atoms with Crippen LogP contribution in [0.5, 0.6) is 0 Å². The second kappa shape index (κ2) is 11.8. The minimum Gasteiger partial charge on any atom is -0.465 e. The molecule has 0 aromatic carbocycles. The highest BCUT2D eigenvalue weighted by molar-refractivity contribution is 5.73. The number of carbonyl (C=O) groups excluding carboxylic acids is 1. The molecule has 3 aliphatic carbocycles. The number of allylic oxidation sites excluding steroid dienone is 1. The van der Waals surface area contributed by atoms with Gasteiger partial charge in [0.25, 0.3) is 0 Å². The quantitative estimate of drug-likeness (QED) is 0.120. The summed E-state index contributed by atoms with van der Waals surface area (Å²) in [6.07, 6.45) is 1.03. The van der Waals surface area contributed by atoms with Crippen LogP contribution in [0.25, 0.3) is 0 Å². The van der Waals surface area contributed by atoms with E-state index in [9.17, 15) is 30.3 Å². The molecule has 10 nitrogen and oxygen atoms in total. The average molecular weight is 651 g/mol. The minimum absolute atomic E-state index is 0.0235. The highest BCUT2D eigenvalue weighted by atomic mass is 16.7. The molecule has 5 N–H and O–H groups in total. The van der Waals surface area contributed by atoms with Gasteiger partial charge in [-0.3, -0.25) is 4.79 Å². The maximum Gasteiger partial charge on any atom is 0.306 e. The van der Waals surface area contributed by atoms with Gasteiger partial charge in [0, 0.05) is 11.8 Å². The van der Waals surface area contributed by atoms with Crippen LogP contribution in [-0.4, -0.2) is 99.3 Å². The fraction of sp³-hybridized carbons (Fsp3) is 0.917. The maximum absolute atomic E-state index is 13.0. The van der Waals surface area contributed by atoms with E-state index in [2.05, 4.69) is 34.6 Å². The third kappa shape index (κ3) is 5.24. The van der Waals surface area contributed by atoms with Crippen molar-refractivity contribution in [3.05, 3.63) is 11.6 Å². The first-order valence-electron chi connectivity index (χ1n) is 17.6. The second-order valence-corrected chi connectivity index (χ2v) is 17.3. The topological polar surface area (TPSA) is 158 Å². The number of esters is 1. The zero-order chi connectivity index (χ0) is 33.6. The number of fused-ring (bicyclic) bond motifs is 4. The number of epoxide rings is 1. The molecule has 6 rings (SSSR count). The molecule has 0 amide bonds. The molecule has 1 spiro atoms. The molecule has 0 unspecified atom stereocenters. The first-order valence-corrected chi connectivity index (χ1v) is 17.6. The van der Waals surface area contributed by atoms with E-state index < -0.39 is 49.0 Å². The number of hydrogen-bond donors (Lipinski definition) is 5. The van der Waals surface area contributed by atoms with Crippen LogP contribution in [0.2, 0.25) is 0 Å². The molecule has 6 aliphatic rings. The maximum atomic E-state index is 13.0. The number of carbonyl (C=O) groups is 1. The predicted molar refractivity (Wildman–Crippen MR) is 168 cm³/mol. The lowest BCUT2D eigenvalue weighted by Gasteiger charge is -2.70. The van der Waals surface area contributed by atoms with Crippen molar-refractivity contribution in [2.45, 2.75) is 154 Å². The van der Waals surface area contributed by atoms with Crippen molar-refractivity contribution in [1.29, 1.82) is 0 Å². The third-order valence-electron chi connectivity index (χ3n) is 14.1. The average Bonchev–Trinajstić information content (AvgIpc) is 3.44. The summed E-state index contributed by atoms with van der Waals surface area (Å²) in [5, 5.41) is 51.8. The van der Waals surface area contributed by atoms with Crippen molar-refractivity contribution >= 4 is 5.97 Å². The number of hydrogen-bond acceptors (Lipinski definition) is 10. The van der Waals surface area contributed by atoms with Gasteiger partial charge in [-0.05, 0) is 93.3 Å². The van der Waals surface area contributed by atoms with E-state index in [1.54, 1.807) is 0 Å². The molecule has 10 heteroatoms. The molecule has 3 saturated heterocycles. The summed E-state index contributed by atoms with van der Waals surface area (Å²) in [5.74, 6) is 0.708. The number of cyclic esters (lactones) is 1. The molecule has 0 aromatic heterocycles. The number of aliphatic hydroxyl groups excluding tert-OH is 5. The third-order valence-corrected chi connectivity index (χ3v) is 14.1. The van der Waals surface area contributed by atoms with Crippen molar-refractivity contribution in [3.8, 4) is 0 Å². The summed E-state index contributed by atoms with van der Waals surface area (Å²) < 4.78 is 24.5. The summed E-state index contributed by atoms with van der Waals surface area (Å²) >= 11 is 0. The molecule has 262 valence electrons. The van der Waals surface area contributed by atoms with Gasteiger partial charge in [-0.15, -0.1) is 0 Å². The lowest BCUT2D eigenvalue weighted by Crippen LogP contribution is -2.66. The van der Waals surface area contributed by atoms with Crippen LogP contribution < -0.4 is 0 Å². The molecular formula is C36H58O10. The van der Waals surface area contributed by atoms with Gasteiger partial charge >= 0.3 is 5.97 Å². The molecule has 15 atom stereocenters. The zero-order valence-corrected chi connectivity index (χ0v) is 28.8. The van der Waals surface area contributed by atoms with Crippen molar-refractivity contribution in [3.63, 3.8) is 0 Å². The summed E-state index contributed by atoms with van der Waals surface area (Å²) in [7, 11) is 0. The Hall–Kier alpha value is -1.11. The molecule has 0 radical (unpaired) electrons. The van der Waals surface area contributed by atoms with Gasteiger partial charge < -0.3 is 44.5 Å². The fourth-order valence-corrected chi connectivity index (χ4v) is 11.8. The van der Waals surface area contributed by atoms with E-state index in [4.69, 9.17) is 18.9 Å². The molecule has 6 fully saturated rings. The summed E-state index contributed by atoms with van der Waals surface area (Å²) in [5.41, 5.74) is -0.144. The van der Waals surface area contributed by atoms with Crippen molar-refractivity contribution in [2.75, 3.05) is 13.2 Å². The van der Waals surface area contributed by atoms with Crippen LogP contribution in [0, 0.1) is 39.4 Å².